The summed E-state index contributed by atoms with van der Waals surface area (Å²) in [5.41, 5.74) is 0. The molecule has 114 valence electrons. The smallest absolute Gasteiger partial charge is 0.298 e. The van der Waals surface area contributed by atoms with Crippen molar-refractivity contribution in [2.75, 3.05) is 40.3 Å². The molecule has 0 saturated carbocycles. The minimum Gasteiger partial charge on any atom is -0.378 e. The standard InChI is InChI=1S/C16H28N2O2/c1-14(2)6-7-16(19)18-11-8-15(9-12-18)20-13-5-10-17(3)4/h14-15H,5,8-13H2,1-4H3. The molecule has 4 nitrogen and oxygen atoms in total. The van der Waals surface area contributed by atoms with Crippen molar-refractivity contribution >= 4 is 5.91 Å². The molecule has 1 saturated heterocycles. The molecule has 1 amide bonds. The molecule has 0 N–H and O–H groups in total. The summed E-state index contributed by atoms with van der Waals surface area (Å²) < 4.78 is 5.86. The van der Waals surface area contributed by atoms with Crippen LogP contribution in [0, 0.1) is 17.8 Å². The lowest BCUT2D eigenvalue weighted by Gasteiger charge is -2.30. The Bertz CT molecular complexity index is 347. The van der Waals surface area contributed by atoms with E-state index in [1.807, 2.05) is 18.7 Å². The molecule has 0 bridgehead atoms. The average Bonchev–Trinajstić information content (AvgIpc) is 2.41. The van der Waals surface area contributed by atoms with Gasteiger partial charge < -0.3 is 14.5 Å². The number of nitrogens with zero attached hydrogens (tertiary/aromatic N) is 2. The molecule has 1 rings (SSSR count). The van der Waals surface area contributed by atoms with Gasteiger partial charge in [0.05, 0.1) is 6.10 Å². The van der Waals surface area contributed by atoms with Gasteiger partial charge >= 0.3 is 0 Å². The highest BCUT2D eigenvalue weighted by Gasteiger charge is 2.22. The highest BCUT2D eigenvalue weighted by atomic mass is 16.5. The molecule has 1 heterocycles. The van der Waals surface area contributed by atoms with Gasteiger partial charge in [0.1, 0.15) is 0 Å². The zero-order chi connectivity index (χ0) is 15.0. The number of piperidine rings is 1. The number of carbonyl (C=O) groups excluding carboxylic acids is 1. The van der Waals surface area contributed by atoms with Crippen LogP contribution < -0.4 is 0 Å². The van der Waals surface area contributed by atoms with Crippen molar-refractivity contribution < 1.29 is 9.53 Å². The minimum atomic E-state index is -0.0373. The molecule has 20 heavy (non-hydrogen) atoms. The highest BCUT2D eigenvalue weighted by molar-refractivity contribution is 5.93. The molecule has 0 radical (unpaired) electrons. The fourth-order valence-corrected chi connectivity index (χ4v) is 2.14. The molecule has 1 fully saturated rings. The van der Waals surface area contributed by atoms with Gasteiger partial charge in [-0.05, 0) is 45.8 Å². The van der Waals surface area contributed by atoms with Gasteiger partial charge in [0.15, 0.2) is 0 Å². The summed E-state index contributed by atoms with van der Waals surface area (Å²) in [5, 5.41) is 0. The number of hydrogen-bond donors (Lipinski definition) is 0. The van der Waals surface area contributed by atoms with Gasteiger partial charge in [-0.15, -0.1) is 0 Å². The van der Waals surface area contributed by atoms with Crippen LogP contribution in [0.15, 0.2) is 0 Å². The largest absolute Gasteiger partial charge is 0.378 e. The Balaban J connectivity index is 2.20. The molecule has 0 aromatic heterocycles. The second-order valence-electron chi connectivity index (χ2n) is 5.94. The van der Waals surface area contributed by atoms with Crippen molar-refractivity contribution in [2.24, 2.45) is 5.92 Å². The first-order valence-electron chi connectivity index (χ1n) is 7.56. The van der Waals surface area contributed by atoms with Crippen LogP contribution in [0.1, 0.15) is 33.1 Å². The summed E-state index contributed by atoms with van der Waals surface area (Å²) in [7, 11) is 4.14. The predicted molar refractivity (Wildman–Crippen MR) is 81.3 cm³/mol. The summed E-state index contributed by atoms with van der Waals surface area (Å²) in [5.74, 6) is 5.86. The van der Waals surface area contributed by atoms with E-state index in [1.165, 1.54) is 0 Å². The molecule has 0 unspecified atom stereocenters. The molecule has 0 spiro atoms. The Hall–Kier alpha value is -1.05. The Morgan fingerprint density at radius 3 is 2.55 bits per heavy atom. The van der Waals surface area contributed by atoms with Gasteiger partial charge in [-0.1, -0.05) is 19.8 Å². The van der Waals surface area contributed by atoms with Crippen LogP contribution in [0.4, 0.5) is 0 Å². The molecule has 0 aliphatic carbocycles. The maximum Gasteiger partial charge on any atom is 0.298 e. The number of carbonyl (C=O) groups is 1. The predicted octanol–water partition coefficient (Wildman–Crippen LogP) is 1.61. The zero-order valence-corrected chi connectivity index (χ0v) is 13.3. The average molecular weight is 280 g/mol. The molecular formula is C16H28N2O2. The van der Waals surface area contributed by atoms with Crippen LogP contribution in [0.25, 0.3) is 0 Å². The first kappa shape index (κ1) is 17.0. The minimum absolute atomic E-state index is 0.0373. The number of likely N-dealkylation sites (tertiary alicyclic amines) is 1. The van der Waals surface area contributed by atoms with Gasteiger partial charge in [0, 0.05) is 25.6 Å². The topological polar surface area (TPSA) is 32.8 Å². The Morgan fingerprint density at radius 1 is 1.35 bits per heavy atom. The van der Waals surface area contributed by atoms with Crippen molar-refractivity contribution in [2.45, 2.75) is 39.2 Å². The summed E-state index contributed by atoms with van der Waals surface area (Å²) >= 11 is 0. The molecule has 1 aliphatic rings. The van der Waals surface area contributed by atoms with E-state index < -0.39 is 0 Å². The lowest BCUT2D eigenvalue weighted by molar-refractivity contribution is -0.127. The molecule has 4 heteroatoms. The van der Waals surface area contributed by atoms with Crippen molar-refractivity contribution in [3.8, 4) is 11.8 Å². The van der Waals surface area contributed by atoms with Crippen LogP contribution in [0.5, 0.6) is 0 Å². The summed E-state index contributed by atoms with van der Waals surface area (Å²) in [4.78, 5) is 15.9. The van der Waals surface area contributed by atoms with Gasteiger partial charge in [-0.25, -0.2) is 0 Å². The Morgan fingerprint density at radius 2 is 2.00 bits per heavy atom. The normalized spacial score (nSPS) is 16.4. The van der Waals surface area contributed by atoms with E-state index in [4.69, 9.17) is 4.74 Å². The monoisotopic (exact) mass is 280 g/mol. The zero-order valence-electron chi connectivity index (χ0n) is 13.3. The fourth-order valence-electron chi connectivity index (χ4n) is 2.14. The Kier molecular flexibility index (Phi) is 7.64. The highest BCUT2D eigenvalue weighted by Crippen LogP contribution is 2.14. The lowest BCUT2D eigenvalue weighted by atomic mass is 10.1. The van der Waals surface area contributed by atoms with E-state index in [0.717, 1.165) is 45.5 Å². The van der Waals surface area contributed by atoms with Crippen LogP contribution in [-0.4, -0.2) is 62.1 Å². The first-order valence-corrected chi connectivity index (χ1v) is 7.56. The van der Waals surface area contributed by atoms with E-state index in [1.54, 1.807) is 0 Å². The van der Waals surface area contributed by atoms with Crippen molar-refractivity contribution in [1.82, 2.24) is 9.80 Å². The third kappa shape index (κ3) is 6.93. The van der Waals surface area contributed by atoms with E-state index >= 15 is 0 Å². The van der Waals surface area contributed by atoms with Gasteiger partial charge in [-0.3, -0.25) is 4.79 Å². The third-order valence-corrected chi connectivity index (χ3v) is 3.30. The number of hydrogen-bond acceptors (Lipinski definition) is 3. The number of rotatable bonds is 5. The third-order valence-electron chi connectivity index (χ3n) is 3.30. The van der Waals surface area contributed by atoms with Gasteiger partial charge in [0.25, 0.3) is 5.91 Å². The lowest BCUT2D eigenvalue weighted by Crippen LogP contribution is -2.40. The molecule has 1 aliphatic heterocycles. The van der Waals surface area contributed by atoms with Crippen molar-refractivity contribution in [3.63, 3.8) is 0 Å². The van der Waals surface area contributed by atoms with Crippen molar-refractivity contribution in [3.05, 3.63) is 0 Å². The van der Waals surface area contributed by atoms with Crippen LogP contribution in [0.2, 0.25) is 0 Å². The van der Waals surface area contributed by atoms with Crippen LogP contribution >= 0.6 is 0 Å². The van der Waals surface area contributed by atoms with Crippen molar-refractivity contribution in [1.29, 1.82) is 0 Å². The van der Waals surface area contributed by atoms with Crippen LogP contribution in [0.3, 0.4) is 0 Å². The van der Waals surface area contributed by atoms with Crippen LogP contribution in [-0.2, 0) is 9.53 Å². The molecule has 0 atom stereocenters. The number of ether oxygens (including phenoxy) is 1. The van der Waals surface area contributed by atoms with Gasteiger partial charge in [0.2, 0.25) is 0 Å². The molecule has 0 aromatic rings. The second kappa shape index (κ2) is 8.99. The maximum absolute atomic E-state index is 11.9. The first-order chi connectivity index (χ1) is 9.49. The quantitative estimate of drug-likeness (QED) is 0.566. The van der Waals surface area contributed by atoms with E-state index in [-0.39, 0.29) is 11.8 Å². The van der Waals surface area contributed by atoms with E-state index in [9.17, 15) is 4.79 Å². The molecular weight excluding hydrogens is 252 g/mol. The summed E-state index contributed by atoms with van der Waals surface area (Å²) in [6.45, 7) is 7.39. The van der Waals surface area contributed by atoms with E-state index in [2.05, 4.69) is 30.8 Å². The molecule has 0 aromatic carbocycles. The summed E-state index contributed by atoms with van der Waals surface area (Å²) in [6.07, 6.45) is 3.22. The van der Waals surface area contributed by atoms with Gasteiger partial charge in [-0.2, -0.15) is 0 Å². The Labute approximate surface area is 123 Å². The summed E-state index contributed by atoms with van der Waals surface area (Å²) in [6, 6.07) is 0. The number of amides is 1. The SMILES string of the molecule is CC(C)C#CC(=O)N1CCC(OCCCN(C)C)CC1. The second-order valence-corrected chi connectivity index (χ2v) is 5.94. The fraction of sp³-hybridized carbons (Fsp3) is 0.812. The van der Waals surface area contributed by atoms with E-state index in [0.29, 0.717) is 6.10 Å². The maximum atomic E-state index is 11.9.